The van der Waals surface area contributed by atoms with Gasteiger partial charge in [0, 0.05) is 32.9 Å². The zero-order valence-electron chi connectivity index (χ0n) is 32.1. The van der Waals surface area contributed by atoms with Crippen LogP contribution in [-0.4, -0.2) is 15.0 Å². The molecular weight excluding hydrogens is 707 g/mol. The Morgan fingerprint density at radius 2 is 0.897 bits per heavy atom. The van der Waals surface area contributed by atoms with E-state index in [0.717, 1.165) is 66.4 Å². The molecule has 58 heavy (non-hydrogen) atoms. The summed E-state index contributed by atoms with van der Waals surface area (Å²) in [4.78, 5) is 15.6. The van der Waals surface area contributed by atoms with Gasteiger partial charge in [-0.15, -0.1) is 0 Å². The van der Waals surface area contributed by atoms with Crippen LogP contribution in [0.2, 0.25) is 0 Å². The van der Waals surface area contributed by atoms with Crippen LogP contribution in [0.1, 0.15) is 25.0 Å². The lowest BCUT2D eigenvalue weighted by molar-refractivity contribution is 0.660. The summed E-state index contributed by atoms with van der Waals surface area (Å²) in [7, 11) is 0. The summed E-state index contributed by atoms with van der Waals surface area (Å²) in [6.07, 6.45) is 0. The van der Waals surface area contributed by atoms with Crippen molar-refractivity contribution in [3.8, 4) is 78.7 Å². The molecule has 0 unspecified atom stereocenters. The predicted molar refractivity (Wildman–Crippen MR) is 237 cm³/mol. The molecule has 2 aromatic heterocycles. The summed E-state index contributed by atoms with van der Waals surface area (Å²) in [5.41, 5.74) is 16.1. The van der Waals surface area contributed by atoms with E-state index in [9.17, 15) is 0 Å². The second-order valence-electron chi connectivity index (χ2n) is 15.6. The second-order valence-corrected chi connectivity index (χ2v) is 15.6. The van der Waals surface area contributed by atoms with Gasteiger partial charge in [-0.3, -0.25) is 0 Å². The van der Waals surface area contributed by atoms with Gasteiger partial charge in [0.15, 0.2) is 17.5 Å². The number of furan rings is 1. The fourth-order valence-electron chi connectivity index (χ4n) is 8.78. The van der Waals surface area contributed by atoms with E-state index in [2.05, 4.69) is 172 Å². The molecule has 1 aliphatic rings. The van der Waals surface area contributed by atoms with Gasteiger partial charge in [-0.1, -0.05) is 159 Å². The highest BCUT2D eigenvalue weighted by Gasteiger charge is 2.35. The standard InChI is InChI=1S/C54H37N3O/c1-54(2)46-23-13-12-21-43(46)44-27-26-38(32-47(44)54)52-55-51(36-19-10-5-11-20-36)56-53(57-52)41-30-39(34-15-6-3-7-16-34)29-40(31-41)37-25-28-45-49(33-37)58-48-24-14-22-42(50(45)48)35-17-8-4-9-18-35/h3-33H,1-2H3. The van der Waals surface area contributed by atoms with E-state index in [1.807, 2.05) is 30.3 Å². The molecule has 10 aromatic rings. The van der Waals surface area contributed by atoms with Crippen molar-refractivity contribution in [3.63, 3.8) is 0 Å². The van der Waals surface area contributed by atoms with Gasteiger partial charge in [-0.2, -0.15) is 0 Å². The fraction of sp³-hybridized carbons (Fsp3) is 0.0556. The molecule has 1 aliphatic carbocycles. The van der Waals surface area contributed by atoms with E-state index in [0.29, 0.717) is 17.5 Å². The number of hydrogen-bond acceptors (Lipinski definition) is 4. The maximum absolute atomic E-state index is 6.57. The second kappa shape index (κ2) is 13.4. The highest BCUT2D eigenvalue weighted by Crippen LogP contribution is 2.49. The van der Waals surface area contributed by atoms with Crippen molar-refractivity contribution < 1.29 is 4.42 Å². The van der Waals surface area contributed by atoms with Gasteiger partial charge in [0.05, 0.1) is 0 Å². The van der Waals surface area contributed by atoms with Crippen molar-refractivity contribution in [2.75, 3.05) is 0 Å². The van der Waals surface area contributed by atoms with Crippen LogP contribution in [-0.2, 0) is 5.41 Å². The van der Waals surface area contributed by atoms with Crippen molar-refractivity contribution in [3.05, 3.63) is 199 Å². The summed E-state index contributed by atoms with van der Waals surface area (Å²) < 4.78 is 6.57. The van der Waals surface area contributed by atoms with Crippen LogP contribution >= 0.6 is 0 Å². The van der Waals surface area contributed by atoms with Gasteiger partial charge in [-0.25, -0.2) is 15.0 Å². The van der Waals surface area contributed by atoms with Crippen LogP contribution in [0.25, 0.3) is 101 Å². The number of aromatic nitrogens is 3. The van der Waals surface area contributed by atoms with Crippen molar-refractivity contribution in [2.24, 2.45) is 0 Å². The summed E-state index contributed by atoms with van der Waals surface area (Å²) in [6, 6.07) is 66.1. The molecule has 0 aliphatic heterocycles. The quantitative estimate of drug-likeness (QED) is 0.170. The van der Waals surface area contributed by atoms with Crippen LogP contribution in [0.3, 0.4) is 0 Å². The normalized spacial score (nSPS) is 12.8. The molecule has 11 rings (SSSR count). The lowest BCUT2D eigenvalue weighted by Gasteiger charge is -2.21. The lowest BCUT2D eigenvalue weighted by atomic mass is 9.82. The maximum Gasteiger partial charge on any atom is 0.164 e. The van der Waals surface area contributed by atoms with E-state index in [4.69, 9.17) is 19.4 Å². The molecule has 0 atom stereocenters. The molecule has 0 bridgehead atoms. The zero-order valence-corrected chi connectivity index (χ0v) is 32.1. The van der Waals surface area contributed by atoms with Crippen molar-refractivity contribution in [1.82, 2.24) is 15.0 Å². The Kier molecular flexibility index (Phi) is 7.80. The molecule has 274 valence electrons. The summed E-state index contributed by atoms with van der Waals surface area (Å²) in [5, 5.41) is 2.21. The summed E-state index contributed by atoms with van der Waals surface area (Å²) in [5.74, 6) is 1.89. The van der Waals surface area contributed by atoms with E-state index in [1.54, 1.807) is 0 Å². The van der Waals surface area contributed by atoms with Crippen LogP contribution in [0.4, 0.5) is 0 Å². The number of fused-ring (bicyclic) bond motifs is 6. The molecule has 2 heterocycles. The topological polar surface area (TPSA) is 51.8 Å². The van der Waals surface area contributed by atoms with Crippen molar-refractivity contribution in [2.45, 2.75) is 19.3 Å². The van der Waals surface area contributed by atoms with Crippen LogP contribution in [0, 0.1) is 0 Å². The van der Waals surface area contributed by atoms with Gasteiger partial charge in [-0.05, 0) is 98.1 Å². The number of hydrogen-bond donors (Lipinski definition) is 0. The largest absolute Gasteiger partial charge is 0.456 e. The minimum Gasteiger partial charge on any atom is -0.456 e. The Bertz CT molecular complexity index is 3180. The smallest absolute Gasteiger partial charge is 0.164 e. The first kappa shape index (κ1) is 33.9. The highest BCUT2D eigenvalue weighted by molar-refractivity contribution is 6.13. The molecular formula is C54H37N3O. The molecule has 0 radical (unpaired) electrons. The molecule has 0 fully saturated rings. The van der Waals surface area contributed by atoms with E-state index < -0.39 is 0 Å². The van der Waals surface area contributed by atoms with Gasteiger partial charge >= 0.3 is 0 Å². The Hall–Kier alpha value is -7.43. The van der Waals surface area contributed by atoms with Gasteiger partial charge in [0.2, 0.25) is 0 Å². The minimum atomic E-state index is -0.150. The first-order chi connectivity index (χ1) is 28.5. The summed E-state index contributed by atoms with van der Waals surface area (Å²) >= 11 is 0. The number of benzene rings is 8. The molecule has 8 aromatic carbocycles. The predicted octanol–water partition coefficient (Wildman–Crippen LogP) is 14.1. The third kappa shape index (κ3) is 5.64. The van der Waals surface area contributed by atoms with E-state index >= 15 is 0 Å². The van der Waals surface area contributed by atoms with E-state index in [1.165, 1.54) is 27.8 Å². The van der Waals surface area contributed by atoms with Crippen LogP contribution < -0.4 is 0 Å². The minimum absolute atomic E-state index is 0.150. The average Bonchev–Trinajstić information content (AvgIpc) is 3.78. The monoisotopic (exact) mass is 743 g/mol. The Morgan fingerprint density at radius 3 is 1.64 bits per heavy atom. The van der Waals surface area contributed by atoms with Crippen LogP contribution in [0.15, 0.2) is 192 Å². The SMILES string of the molecule is CC1(C)c2ccccc2-c2ccc(-c3nc(-c4ccccc4)nc(-c4cc(-c5ccccc5)cc(-c5ccc6c(c5)oc5cccc(-c7ccccc7)c56)c4)n3)cc21. The van der Waals surface area contributed by atoms with Gasteiger partial charge in [0.25, 0.3) is 0 Å². The number of rotatable bonds is 6. The lowest BCUT2D eigenvalue weighted by Crippen LogP contribution is -2.15. The third-order valence-electron chi connectivity index (χ3n) is 11.7. The van der Waals surface area contributed by atoms with Gasteiger partial charge in [0.1, 0.15) is 11.2 Å². The highest BCUT2D eigenvalue weighted by atomic mass is 16.3. The maximum atomic E-state index is 6.57. The molecule has 4 heteroatoms. The van der Waals surface area contributed by atoms with Crippen LogP contribution in [0.5, 0.6) is 0 Å². The summed E-state index contributed by atoms with van der Waals surface area (Å²) in [6.45, 7) is 4.61. The zero-order chi connectivity index (χ0) is 38.8. The molecule has 0 amide bonds. The molecule has 0 saturated heterocycles. The fourth-order valence-corrected chi connectivity index (χ4v) is 8.78. The van der Waals surface area contributed by atoms with Gasteiger partial charge < -0.3 is 4.42 Å². The average molecular weight is 744 g/mol. The molecule has 0 N–H and O–H groups in total. The Labute approximate surface area is 337 Å². The first-order valence-electron chi connectivity index (χ1n) is 19.8. The Morgan fingerprint density at radius 1 is 0.345 bits per heavy atom. The van der Waals surface area contributed by atoms with E-state index in [-0.39, 0.29) is 5.41 Å². The van der Waals surface area contributed by atoms with Crippen molar-refractivity contribution in [1.29, 1.82) is 0 Å². The molecule has 4 nitrogen and oxygen atoms in total. The Balaban J connectivity index is 1.09. The van der Waals surface area contributed by atoms with Crippen molar-refractivity contribution >= 4 is 21.9 Å². The molecule has 0 saturated carbocycles. The first-order valence-corrected chi connectivity index (χ1v) is 19.8. The molecule has 0 spiro atoms. The third-order valence-corrected chi connectivity index (χ3v) is 11.7. The number of nitrogens with zero attached hydrogens (tertiary/aromatic N) is 3.